The van der Waals surface area contributed by atoms with Crippen LogP contribution in [-0.4, -0.2) is 13.9 Å². The molecule has 0 saturated carbocycles. The Balaban J connectivity index is 1.74. The number of benzene rings is 2. The third-order valence-electron chi connectivity index (χ3n) is 3.14. The number of ether oxygens (including phenoxy) is 1. The van der Waals surface area contributed by atoms with Crippen molar-refractivity contribution in [3.63, 3.8) is 0 Å². The summed E-state index contributed by atoms with van der Waals surface area (Å²) >= 11 is 0. The van der Waals surface area contributed by atoms with Crippen LogP contribution in [0.5, 0.6) is 0 Å². The molecule has 0 aromatic heterocycles. The SMILES string of the molecule is O=S(=O)(Cc1ccccc1)C1O[C@H]1c1ccccc1. The van der Waals surface area contributed by atoms with Crippen molar-refractivity contribution in [1.29, 1.82) is 0 Å². The average Bonchev–Trinajstić information content (AvgIpc) is 3.21. The van der Waals surface area contributed by atoms with Crippen molar-refractivity contribution >= 4 is 9.84 Å². The molecule has 3 rings (SSSR count). The summed E-state index contributed by atoms with van der Waals surface area (Å²) in [5.41, 5.74) is 1.02. The molecule has 0 N–H and O–H groups in total. The van der Waals surface area contributed by atoms with Gasteiger partial charge in [-0.15, -0.1) is 0 Å². The molecule has 0 aliphatic carbocycles. The Morgan fingerprint density at radius 1 is 0.895 bits per heavy atom. The van der Waals surface area contributed by atoms with Crippen LogP contribution < -0.4 is 0 Å². The van der Waals surface area contributed by atoms with Gasteiger partial charge in [0, 0.05) is 0 Å². The van der Waals surface area contributed by atoms with Gasteiger partial charge in [0.05, 0.1) is 5.75 Å². The van der Waals surface area contributed by atoms with Gasteiger partial charge in [0.2, 0.25) is 0 Å². The maximum absolute atomic E-state index is 12.2. The lowest BCUT2D eigenvalue weighted by Gasteiger charge is -2.01. The van der Waals surface area contributed by atoms with Gasteiger partial charge in [0.15, 0.2) is 15.3 Å². The van der Waals surface area contributed by atoms with Crippen LogP contribution in [0.15, 0.2) is 60.7 Å². The molecule has 2 aromatic carbocycles. The van der Waals surface area contributed by atoms with Crippen LogP contribution in [0.4, 0.5) is 0 Å². The van der Waals surface area contributed by atoms with Crippen molar-refractivity contribution in [2.24, 2.45) is 0 Å². The molecule has 0 amide bonds. The zero-order valence-electron chi connectivity index (χ0n) is 10.3. The zero-order chi connectivity index (χ0) is 13.3. The molecule has 1 unspecified atom stereocenters. The minimum absolute atomic E-state index is 0.0296. The summed E-state index contributed by atoms with van der Waals surface area (Å²) in [6.07, 6.45) is -0.310. The molecular formula is C15H14O3S. The first-order valence-corrected chi connectivity index (χ1v) is 7.84. The first kappa shape index (κ1) is 12.4. The monoisotopic (exact) mass is 274 g/mol. The molecule has 1 fully saturated rings. The van der Waals surface area contributed by atoms with Gasteiger partial charge in [-0.05, 0) is 11.1 Å². The number of rotatable bonds is 4. The van der Waals surface area contributed by atoms with Gasteiger partial charge < -0.3 is 4.74 Å². The molecule has 1 heterocycles. The lowest BCUT2D eigenvalue weighted by atomic mass is 10.2. The van der Waals surface area contributed by atoms with Crippen molar-refractivity contribution in [2.45, 2.75) is 17.3 Å². The van der Waals surface area contributed by atoms with Gasteiger partial charge in [-0.25, -0.2) is 8.42 Å². The summed E-state index contributed by atoms with van der Waals surface area (Å²) in [7, 11) is -3.26. The normalized spacial score (nSPS) is 22.1. The van der Waals surface area contributed by atoms with Crippen molar-refractivity contribution in [3.8, 4) is 0 Å². The summed E-state index contributed by atoms with van der Waals surface area (Å²) < 4.78 is 29.8. The highest BCUT2D eigenvalue weighted by molar-refractivity contribution is 7.91. The van der Waals surface area contributed by atoms with E-state index in [-0.39, 0.29) is 11.9 Å². The van der Waals surface area contributed by atoms with Crippen molar-refractivity contribution in [3.05, 3.63) is 71.8 Å². The number of hydrogen-bond acceptors (Lipinski definition) is 3. The molecule has 0 radical (unpaired) electrons. The maximum Gasteiger partial charge on any atom is 0.190 e. The molecule has 0 bridgehead atoms. The highest BCUT2D eigenvalue weighted by atomic mass is 32.2. The van der Waals surface area contributed by atoms with E-state index in [2.05, 4.69) is 0 Å². The first-order valence-electron chi connectivity index (χ1n) is 6.13. The average molecular weight is 274 g/mol. The Bertz CT molecular complexity index is 650. The minimum atomic E-state index is -3.26. The topological polar surface area (TPSA) is 46.7 Å². The van der Waals surface area contributed by atoms with Crippen molar-refractivity contribution < 1.29 is 13.2 Å². The molecule has 98 valence electrons. The molecule has 1 aliphatic heterocycles. The Kier molecular flexibility index (Phi) is 3.12. The predicted molar refractivity (Wildman–Crippen MR) is 73.1 cm³/mol. The fourth-order valence-corrected chi connectivity index (χ4v) is 3.78. The lowest BCUT2D eigenvalue weighted by molar-refractivity contribution is 0.399. The van der Waals surface area contributed by atoms with Crippen LogP contribution in [-0.2, 0) is 20.3 Å². The molecule has 19 heavy (non-hydrogen) atoms. The number of epoxide rings is 1. The third-order valence-corrected chi connectivity index (χ3v) is 4.95. The highest BCUT2D eigenvalue weighted by Crippen LogP contribution is 2.43. The Morgan fingerprint density at radius 3 is 2.11 bits per heavy atom. The van der Waals surface area contributed by atoms with Crippen LogP contribution in [0.2, 0.25) is 0 Å². The van der Waals surface area contributed by atoms with Gasteiger partial charge in [0.1, 0.15) is 6.10 Å². The van der Waals surface area contributed by atoms with E-state index < -0.39 is 15.3 Å². The molecule has 0 spiro atoms. The van der Waals surface area contributed by atoms with E-state index in [1.165, 1.54) is 0 Å². The molecule has 2 aromatic rings. The smallest absolute Gasteiger partial charge is 0.190 e. The second-order valence-corrected chi connectivity index (χ2v) is 6.71. The Labute approximate surface area is 112 Å². The van der Waals surface area contributed by atoms with E-state index in [0.29, 0.717) is 0 Å². The van der Waals surface area contributed by atoms with Crippen LogP contribution >= 0.6 is 0 Å². The van der Waals surface area contributed by atoms with Gasteiger partial charge in [-0.2, -0.15) is 0 Å². The summed E-state index contributed by atoms with van der Waals surface area (Å²) in [6.45, 7) is 0. The molecule has 1 saturated heterocycles. The maximum atomic E-state index is 12.2. The second-order valence-electron chi connectivity index (χ2n) is 4.63. The minimum Gasteiger partial charge on any atom is -0.347 e. The Hall–Kier alpha value is -1.65. The summed E-state index contributed by atoms with van der Waals surface area (Å²) in [6, 6.07) is 18.6. The van der Waals surface area contributed by atoms with Crippen LogP contribution in [0.1, 0.15) is 17.2 Å². The standard InChI is InChI=1S/C15H14O3S/c16-19(17,11-12-7-3-1-4-8-12)15-14(18-15)13-9-5-2-6-10-13/h1-10,14-15H,11H2/t14-,15?/m0/s1. The zero-order valence-corrected chi connectivity index (χ0v) is 11.1. The van der Waals surface area contributed by atoms with Gasteiger partial charge in [-0.1, -0.05) is 60.7 Å². The van der Waals surface area contributed by atoms with E-state index in [9.17, 15) is 8.42 Å². The fourth-order valence-electron chi connectivity index (χ4n) is 2.14. The highest BCUT2D eigenvalue weighted by Gasteiger charge is 2.49. The van der Waals surface area contributed by atoms with E-state index in [1.54, 1.807) is 0 Å². The van der Waals surface area contributed by atoms with Crippen molar-refractivity contribution in [1.82, 2.24) is 0 Å². The third kappa shape index (κ3) is 2.69. The van der Waals surface area contributed by atoms with E-state index in [0.717, 1.165) is 11.1 Å². The lowest BCUT2D eigenvalue weighted by Crippen LogP contribution is -2.11. The van der Waals surface area contributed by atoms with E-state index >= 15 is 0 Å². The van der Waals surface area contributed by atoms with Gasteiger partial charge in [-0.3, -0.25) is 0 Å². The second kappa shape index (κ2) is 4.79. The Morgan fingerprint density at radius 2 is 1.47 bits per heavy atom. The van der Waals surface area contributed by atoms with Crippen LogP contribution in [0.3, 0.4) is 0 Å². The predicted octanol–water partition coefficient (Wildman–Crippen LogP) is 2.70. The molecule has 1 aliphatic rings. The number of hydrogen-bond donors (Lipinski definition) is 0. The molecule has 4 heteroatoms. The largest absolute Gasteiger partial charge is 0.347 e. The van der Waals surface area contributed by atoms with Crippen molar-refractivity contribution in [2.75, 3.05) is 0 Å². The fraction of sp³-hybridized carbons (Fsp3) is 0.200. The van der Waals surface area contributed by atoms with Gasteiger partial charge in [0.25, 0.3) is 0 Å². The summed E-state index contributed by atoms with van der Waals surface area (Å²) in [5.74, 6) is 0.0296. The summed E-state index contributed by atoms with van der Waals surface area (Å²) in [5, 5.41) is 0. The van der Waals surface area contributed by atoms with E-state index in [1.807, 2.05) is 60.7 Å². The molecular weight excluding hydrogens is 260 g/mol. The van der Waals surface area contributed by atoms with Gasteiger partial charge >= 0.3 is 0 Å². The number of sulfone groups is 1. The molecule has 2 atom stereocenters. The summed E-state index contributed by atoms with van der Waals surface area (Å²) in [4.78, 5) is 0. The first-order chi connectivity index (χ1) is 9.17. The molecule has 3 nitrogen and oxygen atoms in total. The van der Waals surface area contributed by atoms with Crippen LogP contribution in [0, 0.1) is 0 Å². The van der Waals surface area contributed by atoms with Crippen LogP contribution in [0.25, 0.3) is 0 Å². The van der Waals surface area contributed by atoms with E-state index in [4.69, 9.17) is 4.74 Å². The quantitative estimate of drug-likeness (QED) is 0.805.